The fourth-order valence-corrected chi connectivity index (χ4v) is 4.32. The van der Waals surface area contributed by atoms with Gasteiger partial charge in [-0.25, -0.2) is 4.79 Å². The summed E-state index contributed by atoms with van der Waals surface area (Å²) in [6.45, 7) is 1.66. The van der Waals surface area contributed by atoms with Gasteiger partial charge in [0.05, 0.1) is 0 Å². The van der Waals surface area contributed by atoms with Crippen LogP contribution in [0.4, 0.5) is 4.79 Å². The Balaban J connectivity index is 0.00000225. The summed E-state index contributed by atoms with van der Waals surface area (Å²) in [7, 11) is 3.48. The van der Waals surface area contributed by atoms with Gasteiger partial charge in [0.25, 0.3) is 5.91 Å². The van der Waals surface area contributed by atoms with Crippen LogP contribution in [0.5, 0.6) is 0 Å². The molecular weight excluding hydrogens is 344 g/mol. The number of imide groups is 1. The number of urea groups is 1. The van der Waals surface area contributed by atoms with Crippen LogP contribution in [0.2, 0.25) is 0 Å². The number of nitrogens with one attached hydrogen (secondary N) is 1. The molecule has 3 rings (SSSR count). The first-order valence-electron chi connectivity index (χ1n) is 9.03. The van der Waals surface area contributed by atoms with Crippen molar-refractivity contribution in [3.8, 4) is 0 Å². The predicted molar refractivity (Wildman–Crippen MR) is 96.6 cm³/mol. The minimum Gasteiger partial charge on any atom is -0.341 e. The second-order valence-corrected chi connectivity index (χ2v) is 7.31. The molecule has 1 spiro atoms. The number of carbonyl (C=O) groups excluding carboxylic acids is 3. The first-order chi connectivity index (χ1) is 11.5. The van der Waals surface area contributed by atoms with E-state index in [9.17, 15) is 14.4 Å². The van der Waals surface area contributed by atoms with Gasteiger partial charge in [0.1, 0.15) is 12.1 Å². The highest BCUT2D eigenvalue weighted by atomic mass is 35.5. The highest BCUT2D eigenvalue weighted by Gasteiger charge is 2.56. The molecule has 7 nitrogen and oxygen atoms in total. The van der Waals surface area contributed by atoms with Crippen LogP contribution in [-0.4, -0.2) is 77.9 Å². The summed E-state index contributed by atoms with van der Waals surface area (Å²) in [5.41, 5.74) is -0.705. The van der Waals surface area contributed by atoms with Crippen LogP contribution in [0.1, 0.15) is 44.9 Å². The maximum atomic E-state index is 12.9. The Labute approximate surface area is 155 Å². The summed E-state index contributed by atoms with van der Waals surface area (Å²) in [5.74, 6) is -0.327. The average Bonchev–Trinajstić information content (AvgIpc) is 2.79. The maximum absolute atomic E-state index is 12.9. The molecule has 0 atom stereocenters. The first-order valence-corrected chi connectivity index (χ1v) is 9.03. The standard InChI is InChI=1S/C17H28N4O3.ClH/c1-19(13-6-10-18-11-7-13)14(22)12-21-15(23)17(20(2)16(21)24)8-4-3-5-9-17;/h13,18H,3-12H2,1-2H3;1H. The van der Waals surface area contributed by atoms with Gasteiger partial charge in [0.15, 0.2) is 0 Å². The van der Waals surface area contributed by atoms with Crippen molar-refractivity contribution in [2.45, 2.75) is 56.5 Å². The highest BCUT2D eigenvalue weighted by molar-refractivity contribution is 6.08. The SMILES string of the molecule is CN(C(=O)CN1C(=O)N(C)C2(CCCCC2)C1=O)C1CCNCC1.Cl. The molecule has 2 saturated heterocycles. The summed E-state index contributed by atoms with van der Waals surface area (Å²) in [4.78, 5) is 42.6. The van der Waals surface area contributed by atoms with E-state index in [2.05, 4.69) is 5.32 Å². The second kappa shape index (κ2) is 7.91. The lowest BCUT2D eigenvalue weighted by molar-refractivity contribution is -0.141. The normalized spacial score (nSPS) is 23.8. The molecule has 0 aromatic rings. The molecule has 2 heterocycles. The highest BCUT2D eigenvalue weighted by Crippen LogP contribution is 2.39. The fourth-order valence-electron chi connectivity index (χ4n) is 4.32. The molecule has 0 aromatic carbocycles. The molecule has 1 aliphatic carbocycles. The predicted octanol–water partition coefficient (Wildman–Crippen LogP) is 1.22. The number of likely N-dealkylation sites (N-methyl/N-ethyl adjacent to an activating group) is 2. The average molecular weight is 373 g/mol. The molecule has 142 valence electrons. The van der Waals surface area contributed by atoms with Crippen molar-refractivity contribution >= 4 is 30.3 Å². The van der Waals surface area contributed by atoms with Gasteiger partial charge >= 0.3 is 6.03 Å². The van der Waals surface area contributed by atoms with E-state index >= 15 is 0 Å². The Bertz CT molecular complexity index is 530. The van der Waals surface area contributed by atoms with Crippen molar-refractivity contribution in [3.05, 3.63) is 0 Å². The van der Waals surface area contributed by atoms with Gasteiger partial charge in [-0.05, 0) is 38.8 Å². The van der Waals surface area contributed by atoms with E-state index in [4.69, 9.17) is 0 Å². The zero-order valence-corrected chi connectivity index (χ0v) is 15.9. The van der Waals surface area contributed by atoms with Gasteiger partial charge in [-0.1, -0.05) is 19.3 Å². The van der Waals surface area contributed by atoms with E-state index in [1.807, 2.05) is 0 Å². The number of hydrogen-bond acceptors (Lipinski definition) is 4. The molecule has 0 radical (unpaired) electrons. The van der Waals surface area contributed by atoms with Crippen LogP contribution in [0.25, 0.3) is 0 Å². The molecule has 4 amide bonds. The Morgan fingerprint density at radius 1 is 1.20 bits per heavy atom. The summed E-state index contributed by atoms with van der Waals surface area (Å²) >= 11 is 0. The van der Waals surface area contributed by atoms with E-state index in [1.54, 1.807) is 23.9 Å². The minimum atomic E-state index is -0.705. The number of halogens is 1. The van der Waals surface area contributed by atoms with Crippen molar-refractivity contribution in [1.82, 2.24) is 20.0 Å². The van der Waals surface area contributed by atoms with Crippen molar-refractivity contribution in [1.29, 1.82) is 0 Å². The van der Waals surface area contributed by atoms with Crippen molar-refractivity contribution < 1.29 is 14.4 Å². The summed E-state index contributed by atoms with van der Waals surface area (Å²) in [6, 6.07) is -0.137. The van der Waals surface area contributed by atoms with Crippen LogP contribution in [0.3, 0.4) is 0 Å². The number of amides is 4. The topological polar surface area (TPSA) is 73.0 Å². The van der Waals surface area contributed by atoms with Crippen molar-refractivity contribution in [2.75, 3.05) is 33.7 Å². The maximum Gasteiger partial charge on any atom is 0.327 e. The molecule has 0 unspecified atom stereocenters. The third-order valence-corrected chi connectivity index (χ3v) is 6.03. The molecule has 2 aliphatic heterocycles. The molecule has 25 heavy (non-hydrogen) atoms. The Morgan fingerprint density at radius 2 is 1.80 bits per heavy atom. The van der Waals surface area contributed by atoms with E-state index in [0.717, 1.165) is 45.2 Å². The molecule has 0 aromatic heterocycles. The van der Waals surface area contributed by atoms with E-state index < -0.39 is 5.54 Å². The molecule has 3 fully saturated rings. The molecule has 8 heteroatoms. The molecule has 1 saturated carbocycles. The number of hydrogen-bond donors (Lipinski definition) is 1. The third kappa shape index (κ3) is 3.49. The second-order valence-electron chi connectivity index (χ2n) is 7.31. The quantitative estimate of drug-likeness (QED) is 0.756. The summed E-state index contributed by atoms with van der Waals surface area (Å²) in [5, 5.41) is 3.28. The van der Waals surface area contributed by atoms with Gasteiger partial charge in [0.2, 0.25) is 5.91 Å². The van der Waals surface area contributed by atoms with E-state index in [1.165, 1.54) is 4.90 Å². The monoisotopic (exact) mass is 372 g/mol. The number of carbonyl (C=O) groups is 3. The number of rotatable bonds is 3. The van der Waals surface area contributed by atoms with Crippen LogP contribution < -0.4 is 5.32 Å². The van der Waals surface area contributed by atoms with Crippen molar-refractivity contribution in [3.63, 3.8) is 0 Å². The van der Waals surface area contributed by atoms with Gasteiger partial charge in [-0.2, -0.15) is 0 Å². The van der Waals surface area contributed by atoms with Gasteiger partial charge in [-0.3, -0.25) is 14.5 Å². The lowest BCUT2D eigenvalue weighted by Crippen LogP contribution is -2.50. The Hall–Kier alpha value is -1.34. The third-order valence-electron chi connectivity index (χ3n) is 6.03. The number of nitrogens with zero attached hydrogens (tertiary/aromatic N) is 3. The molecule has 1 N–H and O–H groups in total. The molecular formula is C17H29ClN4O3. The first kappa shape index (κ1) is 20.0. The van der Waals surface area contributed by atoms with Gasteiger partial charge < -0.3 is 15.1 Å². The van der Waals surface area contributed by atoms with Crippen LogP contribution >= 0.6 is 12.4 Å². The lowest BCUT2D eigenvalue weighted by atomic mass is 9.81. The smallest absolute Gasteiger partial charge is 0.327 e. The largest absolute Gasteiger partial charge is 0.341 e. The number of piperidine rings is 1. The van der Waals surface area contributed by atoms with Crippen molar-refractivity contribution in [2.24, 2.45) is 0 Å². The van der Waals surface area contributed by atoms with E-state index in [-0.39, 0.29) is 42.8 Å². The fraction of sp³-hybridized carbons (Fsp3) is 0.824. The van der Waals surface area contributed by atoms with Crippen LogP contribution in [0, 0.1) is 0 Å². The summed E-state index contributed by atoms with van der Waals surface area (Å²) in [6.07, 6.45) is 6.27. The van der Waals surface area contributed by atoms with Gasteiger partial charge in [0, 0.05) is 20.1 Å². The zero-order valence-electron chi connectivity index (χ0n) is 15.1. The zero-order chi connectivity index (χ0) is 17.3. The molecule has 3 aliphatic rings. The molecule has 0 bridgehead atoms. The Kier molecular flexibility index (Phi) is 6.32. The van der Waals surface area contributed by atoms with Crippen LogP contribution in [-0.2, 0) is 9.59 Å². The van der Waals surface area contributed by atoms with E-state index in [0.29, 0.717) is 12.8 Å². The summed E-state index contributed by atoms with van der Waals surface area (Å²) < 4.78 is 0. The Morgan fingerprint density at radius 3 is 2.40 bits per heavy atom. The van der Waals surface area contributed by atoms with Crippen LogP contribution in [0.15, 0.2) is 0 Å². The lowest BCUT2D eigenvalue weighted by Gasteiger charge is -2.36. The minimum absolute atomic E-state index is 0. The van der Waals surface area contributed by atoms with Gasteiger partial charge in [-0.15, -0.1) is 12.4 Å².